The Hall–Kier alpha value is -2.29. The third-order valence-corrected chi connectivity index (χ3v) is 4.70. The van der Waals surface area contributed by atoms with Crippen LogP contribution in [0.4, 0.5) is 5.69 Å². The van der Waals surface area contributed by atoms with Crippen LogP contribution in [-0.4, -0.2) is 12.0 Å². The number of unbranched alkanes of at least 4 members (excludes halogenated alkanes) is 1. The summed E-state index contributed by atoms with van der Waals surface area (Å²) in [6.07, 6.45) is 3.55. The molecule has 27 heavy (non-hydrogen) atoms. The second-order valence-corrected chi connectivity index (χ2v) is 8.08. The highest BCUT2D eigenvalue weighted by Gasteiger charge is 2.19. The lowest BCUT2D eigenvalue weighted by Crippen LogP contribution is -2.32. The molecule has 1 N–H and O–H groups in total. The van der Waals surface area contributed by atoms with Crippen LogP contribution in [0.1, 0.15) is 65.0 Å². The number of aryl methyl sites for hydroxylation is 1. The second kappa shape index (κ2) is 9.59. The molecule has 0 aliphatic carbocycles. The summed E-state index contributed by atoms with van der Waals surface area (Å²) in [5, 5.41) is 2.97. The lowest BCUT2D eigenvalue weighted by Gasteiger charge is -2.21. The van der Waals surface area contributed by atoms with E-state index >= 15 is 0 Å². The van der Waals surface area contributed by atoms with Crippen molar-refractivity contribution in [2.45, 2.75) is 71.8 Å². The minimum atomic E-state index is -0.509. The van der Waals surface area contributed by atoms with Gasteiger partial charge in [-0.3, -0.25) is 4.79 Å². The van der Waals surface area contributed by atoms with Crippen molar-refractivity contribution in [2.24, 2.45) is 0 Å². The van der Waals surface area contributed by atoms with Gasteiger partial charge in [-0.15, -0.1) is 0 Å². The van der Waals surface area contributed by atoms with E-state index in [0.717, 1.165) is 17.9 Å². The molecule has 2 aromatic carbocycles. The van der Waals surface area contributed by atoms with E-state index in [1.165, 1.54) is 24.0 Å². The summed E-state index contributed by atoms with van der Waals surface area (Å²) in [5.74, 6) is 0.610. The Balaban J connectivity index is 1.97. The van der Waals surface area contributed by atoms with E-state index in [9.17, 15) is 4.79 Å². The van der Waals surface area contributed by atoms with Gasteiger partial charge in [0.1, 0.15) is 5.75 Å². The maximum Gasteiger partial charge on any atom is 0.265 e. The molecule has 146 valence electrons. The van der Waals surface area contributed by atoms with E-state index in [2.05, 4.69) is 57.3 Å². The van der Waals surface area contributed by atoms with Crippen LogP contribution >= 0.6 is 0 Å². The van der Waals surface area contributed by atoms with Gasteiger partial charge in [0, 0.05) is 5.69 Å². The number of amides is 1. The number of hydrogen-bond donors (Lipinski definition) is 1. The normalized spacial score (nSPS) is 12.5. The van der Waals surface area contributed by atoms with E-state index in [1.807, 2.05) is 31.2 Å². The zero-order chi connectivity index (χ0) is 19.9. The maximum atomic E-state index is 12.6. The monoisotopic (exact) mass is 367 g/mol. The minimum Gasteiger partial charge on any atom is -0.481 e. The first-order valence-electron chi connectivity index (χ1n) is 10.0. The van der Waals surface area contributed by atoms with Crippen LogP contribution in [-0.2, 0) is 16.6 Å². The topological polar surface area (TPSA) is 38.3 Å². The van der Waals surface area contributed by atoms with E-state index in [-0.39, 0.29) is 11.3 Å². The Labute approximate surface area is 164 Å². The molecule has 2 aromatic rings. The van der Waals surface area contributed by atoms with Gasteiger partial charge < -0.3 is 10.1 Å². The highest BCUT2D eigenvalue weighted by molar-refractivity contribution is 5.94. The fourth-order valence-electron chi connectivity index (χ4n) is 2.88. The van der Waals surface area contributed by atoms with Crippen LogP contribution < -0.4 is 10.1 Å². The summed E-state index contributed by atoms with van der Waals surface area (Å²) in [5.41, 5.74) is 3.46. The van der Waals surface area contributed by atoms with Gasteiger partial charge in [-0.1, -0.05) is 65.3 Å². The molecular formula is C24H33NO2. The largest absolute Gasteiger partial charge is 0.481 e. The number of rotatable bonds is 8. The molecule has 0 aromatic heterocycles. The summed E-state index contributed by atoms with van der Waals surface area (Å²) >= 11 is 0. The Kier molecular flexibility index (Phi) is 7.46. The number of carbonyl (C=O) groups excluding carboxylic acids is 1. The third-order valence-electron chi connectivity index (χ3n) is 4.70. The van der Waals surface area contributed by atoms with E-state index in [0.29, 0.717) is 6.42 Å². The Bertz CT molecular complexity index is 712. The highest BCUT2D eigenvalue weighted by atomic mass is 16.5. The summed E-state index contributed by atoms with van der Waals surface area (Å²) < 4.78 is 5.93. The van der Waals surface area contributed by atoms with Gasteiger partial charge in [0.15, 0.2) is 6.10 Å². The molecule has 0 fully saturated rings. The predicted molar refractivity (Wildman–Crippen MR) is 114 cm³/mol. The molecule has 3 nitrogen and oxygen atoms in total. The van der Waals surface area contributed by atoms with E-state index < -0.39 is 6.10 Å². The number of anilines is 1. The van der Waals surface area contributed by atoms with Crippen molar-refractivity contribution in [3.8, 4) is 5.75 Å². The van der Waals surface area contributed by atoms with Gasteiger partial charge in [0.2, 0.25) is 0 Å². The summed E-state index contributed by atoms with van der Waals surface area (Å²) in [6.45, 7) is 10.7. The molecule has 0 saturated heterocycles. The van der Waals surface area contributed by atoms with Crippen molar-refractivity contribution in [2.75, 3.05) is 5.32 Å². The van der Waals surface area contributed by atoms with Crippen molar-refractivity contribution in [1.82, 2.24) is 0 Å². The number of nitrogens with one attached hydrogen (secondary N) is 1. The third kappa shape index (κ3) is 6.42. The first-order valence-corrected chi connectivity index (χ1v) is 10.0. The second-order valence-electron chi connectivity index (χ2n) is 8.08. The van der Waals surface area contributed by atoms with Crippen LogP contribution in [0.2, 0.25) is 0 Å². The zero-order valence-electron chi connectivity index (χ0n) is 17.3. The van der Waals surface area contributed by atoms with Crippen LogP contribution in [0, 0.1) is 0 Å². The molecule has 0 radical (unpaired) electrons. The van der Waals surface area contributed by atoms with Crippen molar-refractivity contribution < 1.29 is 9.53 Å². The van der Waals surface area contributed by atoms with Crippen LogP contribution in [0.25, 0.3) is 0 Å². The summed E-state index contributed by atoms with van der Waals surface area (Å²) in [6, 6.07) is 16.1. The fraction of sp³-hybridized carbons (Fsp3) is 0.458. The van der Waals surface area contributed by atoms with Crippen LogP contribution in [0.5, 0.6) is 5.75 Å². The molecule has 0 saturated carbocycles. The maximum absolute atomic E-state index is 12.6. The van der Waals surface area contributed by atoms with Gasteiger partial charge in [-0.05, 0) is 60.1 Å². The fourth-order valence-corrected chi connectivity index (χ4v) is 2.88. The van der Waals surface area contributed by atoms with Gasteiger partial charge in [0.05, 0.1) is 0 Å². The highest BCUT2D eigenvalue weighted by Crippen LogP contribution is 2.25. The lowest BCUT2D eigenvalue weighted by atomic mass is 9.87. The number of hydrogen-bond acceptors (Lipinski definition) is 2. The van der Waals surface area contributed by atoms with Gasteiger partial charge in [-0.25, -0.2) is 0 Å². The molecule has 1 atom stereocenters. The van der Waals surface area contributed by atoms with Gasteiger partial charge >= 0.3 is 0 Å². The average molecular weight is 368 g/mol. The van der Waals surface area contributed by atoms with Crippen LogP contribution in [0.3, 0.4) is 0 Å². The molecule has 0 aliphatic heterocycles. The Morgan fingerprint density at radius 3 is 2.15 bits per heavy atom. The molecule has 0 spiro atoms. The van der Waals surface area contributed by atoms with Crippen molar-refractivity contribution in [1.29, 1.82) is 0 Å². The smallest absolute Gasteiger partial charge is 0.265 e. The molecule has 3 heteroatoms. The molecule has 0 heterocycles. The lowest BCUT2D eigenvalue weighted by molar-refractivity contribution is -0.122. The van der Waals surface area contributed by atoms with Crippen molar-refractivity contribution in [3.05, 3.63) is 59.7 Å². The number of ether oxygens (including phenoxy) is 1. The van der Waals surface area contributed by atoms with Gasteiger partial charge in [-0.2, -0.15) is 0 Å². The Morgan fingerprint density at radius 2 is 1.63 bits per heavy atom. The SMILES string of the molecule is CCCCc1ccc(NC(=O)C(CC)Oc2ccc(C(C)(C)C)cc2)cc1. The minimum absolute atomic E-state index is 0.101. The number of carbonyl (C=O) groups is 1. The quantitative estimate of drug-likeness (QED) is 0.610. The summed E-state index contributed by atoms with van der Waals surface area (Å²) in [4.78, 5) is 12.6. The molecule has 2 rings (SSSR count). The first-order chi connectivity index (χ1) is 12.8. The first kappa shape index (κ1) is 21.0. The van der Waals surface area contributed by atoms with E-state index in [4.69, 9.17) is 4.74 Å². The molecular weight excluding hydrogens is 334 g/mol. The Morgan fingerprint density at radius 1 is 1.00 bits per heavy atom. The molecule has 0 bridgehead atoms. The standard InChI is InChI=1S/C24H33NO2/c1-6-8-9-18-10-14-20(15-11-18)25-23(26)22(7-2)27-21-16-12-19(13-17-21)24(3,4)5/h10-17,22H,6-9H2,1-5H3,(H,25,26). The average Bonchev–Trinajstić information content (AvgIpc) is 2.65. The molecule has 1 amide bonds. The predicted octanol–water partition coefficient (Wildman–Crippen LogP) is 6.12. The zero-order valence-corrected chi connectivity index (χ0v) is 17.3. The van der Waals surface area contributed by atoms with Crippen molar-refractivity contribution >= 4 is 11.6 Å². The molecule has 1 unspecified atom stereocenters. The van der Waals surface area contributed by atoms with Crippen LogP contribution in [0.15, 0.2) is 48.5 Å². The number of benzene rings is 2. The molecule has 0 aliphatic rings. The van der Waals surface area contributed by atoms with E-state index in [1.54, 1.807) is 0 Å². The van der Waals surface area contributed by atoms with Gasteiger partial charge in [0.25, 0.3) is 5.91 Å². The van der Waals surface area contributed by atoms with Crippen molar-refractivity contribution in [3.63, 3.8) is 0 Å². The summed E-state index contributed by atoms with van der Waals surface area (Å²) in [7, 11) is 0.